The molecule has 166 valence electrons. The molecule has 0 bridgehead atoms. The van der Waals surface area contributed by atoms with E-state index in [-0.39, 0.29) is 28.0 Å². The molecule has 0 aliphatic carbocycles. The number of benzene rings is 3. The third-order valence-corrected chi connectivity index (χ3v) is 5.25. The molecular formula is C23H15Cl2N3O5. The van der Waals surface area contributed by atoms with E-state index in [9.17, 15) is 14.4 Å². The second kappa shape index (κ2) is 9.32. The van der Waals surface area contributed by atoms with Crippen LogP contribution in [0, 0.1) is 0 Å². The number of aromatic amines is 1. The first-order valence-electron chi connectivity index (χ1n) is 9.56. The van der Waals surface area contributed by atoms with Crippen molar-refractivity contribution >= 4 is 46.3 Å². The Morgan fingerprint density at radius 1 is 1.06 bits per heavy atom. The van der Waals surface area contributed by atoms with Crippen LogP contribution in [0.3, 0.4) is 0 Å². The third-order valence-electron chi connectivity index (χ3n) is 4.68. The van der Waals surface area contributed by atoms with Crippen molar-refractivity contribution in [2.24, 2.45) is 5.10 Å². The van der Waals surface area contributed by atoms with E-state index in [0.29, 0.717) is 26.7 Å². The molecule has 0 aliphatic heterocycles. The van der Waals surface area contributed by atoms with Gasteiger partial charge in [-0.1, -0.05) is 47.5 Å². The third kappa shape index (κ3) is 4.82. The lowest BCUT2D eigenvalue weighted by Gasteiger charge is -2.11. The predicted octanol–water partition coefficient (Wildman–Crippen LogP) is 4.16. The van der Waals surface area contributed by atoms with E-state index < -0.39 is 17.2 Å². The summed E-state index contributed by atoms with van der Waals surface area (Å²) in [6.07, 6.45) is 1.28. The van der Waals surface area contributed by atoms with Crippen LogP contribution < -0.4 is 16.0 Å². The van der Waals surface area contributed by atoms with Crippen molar-refractivity contribution in [1.29, 1.82) is 0 Å². The minimum absolute atomic E-state index is 0.0514. The number of H-pyrrole nitrogens is 1. The summed E-state index contributed by atoms with van der Waals surface area (Å²) in [4.78, 5) is 38.5. The molecule has 0 amide bonds. The first-order valence-corrected chi connectivity index (χ1v) is 10.3. The summed E-state index contributed by atoms with van der Waals surface area (Å²) < 4.78 is 6.39. The molecule has 0 saturated heterocycles. The van der Waals surface area contributed by atoms with Crippen LogP contribution in [0.5, 0.6) is 5.75 Å². The fraction of sp³-hybridized carbons (Fsp3) is 0.0435. The number of nitrogens with zero attached hydrogens (tertiary/aromatic N) is 2. The maximum atomic E-state index is 12.6. The molecule has 4 rings (SSSR count). The van der Waals surface area contributed by atoms with E-state index in [1.54, 1.807) is 36.4 Å². The van der Waals surface area contributed by atoms with Gasteiger partial charge in [0.05, 0.1) is 32.7 Å². The number of ether oxygens (including phenoxy) is 1. The zero-order valence-corrected chi connectivity index (χ0v) is 18.3. The van der Waals surface area contributed by atoms with Crippen molar-refractivity contribution in [3.8, 4) is 5.75 Å². The van der Waals surface area contributed by atoms with Crippen LogP contribution >= 0.6 is 23.2 Å². The number of halogens is 2. The monoisotopic (exact) mass is 483 g/mol. The van der Waals surface area contributed by atoms with Gasteiger partial charge in [-0.05, 0) is 47.5 Å². The summed E-state index contributed by atoms with van der Waals surface area (Å²) in [5, 5.41) is 13.8. The summed E-state index contributed by atoms with van der Waals surface area (Å²) in [5.41, 5.74) is 0.369. The highest BCUT2D eigenvalue weighted by atomic mass is 35.5. The predicted molar refractivity (Wildman–Crippen MR) is 126 cm³/mol. The number of aromatic nitrogens is 2. The van der Waals surface area contributed by atoms with Crippen LogP contribution in [0.1, 0.15) is 21.5 Å². The minimum atomic E-state index is -1.04. The van der Waals surface area contributed by atoms with Crippen LogP contribution in [0.25, 0.3) is 10.9 Å². The van der Waals surface area contributed by atoms with Gasteiger partial charge < -0.3 is 14.8 Å². The number of hydrogen-bond donors (Lipinski definition) is 2. The average molecular weight is 484 g/mol. The van der Waals surface area contributed by atoms with Gasteiger partial charge in [0.1, 0.15) is 6.61 Å². The van der Waals surface area contributed by atoms with Gasteiger partial charge in [-0.15, -0.1) is 4.68 Å². The highest BCUT2D eigenvalue weighted by molar-refractivity contribution is 6.37. The van der Waals surface area contributed by atoms with Crippen LogP contribution in [0.4, 0.5) is 0 Å². The molecule has 1 heterocycles. The zero-order chi connectivity index (χ0) is 23.5. The van der Waals surface area contributed by atoms with Crippen LogP contribution in [-0.4, -0.2) is 27.0 Å². The fourth-order valence-corrected chi connectivity index (χ4v) is 3.74. The molecule has 0 radical (unpaired) electrons. The lowest BCUT2D eigenvalue weighted by atomic mass is 10.1. The minimum Gasteiger partial charge on any atom is -0.486 e. The first kappa shape index (κ1) is 22.3. The first-order chi connectivity index (χ1) is 15.8. The van der Waals surface area contributed by atoms with Crippen molar-refractivity contribution in [2.45, 2.75) is 6.61 Å². The SMILES string of the molecule is O=C(O)c1cccc(COc2c(Cl)cc(C=Nn3c(=O)[nH]c4ccccc4c3=O)cc2Cl)c1. The Hall–Kier alpha value is -3.88. The van der Waals surface area contributed by atoms with Gasteiger partial charge in [0.25, 0.3) is 5.56 Å². The van der Waals surface area contributed by atoms with Crippen molar-refractivity contribution in [1.82, 2.24) is 9.66 Å². The van der Waals surface area contributed by atoms with E-state index in [0.717, 1.165) is 0 Å². The fourth-order valence-electron chi connectivity index (χ4n) is 3.12. The Labute approximate surface area is 196 Å². The number of para-hydroxylation sites is 1. The zero-order valence-electron chi connectivity index (χ0n) is 16.8. The second-order valence-electron chi connectivity index (χ2n) is 6.95. The molecule has 2 N–H and O–H groups in total. The Kier molecular flexibility index (Phi) is 6.30. The van der Waals surface area contributed by atoms with Crippen LogP contribution in [0.15, 0.2) is 75.4 Å². The van der Waals surface area contributed by atoms with Crippen LogP contribution in [-0.2, 0) is 6.61 Å². The Morgan fingerprint density at radius 2 is 1.79 bits per heavy atom. The quantitative estimate of drug-likeness (QED) is 0.399. The van der Waals surface area contributed by atoms with Gasteiger partial charge in [-0.3, -0.25) is 4.79 Å². The summed E-state index contributed by atoms with van der Waals surface area (Å²) in [7, 11) is 0. The summed E-state index contributed by atoms with van der Waals surface area (Å²) in [6.45, 7) is 0.0514. The van der Waals surface area contributed by atoms with Gasteiger partial charge >= 0.3 is 11.7 Å². The maximum Gasteiger partial charge on any atom is 0.349 e. The molecule has 10 heteroatoms. The van der Waals surface area contributed by atoms with Gasteiger partial charge in [0, 0.05) is 0 Å². The molecule has 8 nitrogen and oxygen atoms in total. The van der Waals surface area contributed by atoms with Gasteiger partial charge in [-0.25, -0.2) is 9.59 Å². The average Bonchev–Trinajstić information content (AvgIpc) is 2.78. The highest BCUT2D eigenvalue weighted by Gasteiger charge is 2.11. The van der Waals surface area contributed by atoms with Crippen molar-refractivity contribution in [3.63, 3.8) is 0 Å². The number of nitrogens with one attached hydrogen (secondary N) is 1. The molecule has 1 aromatic heterocycles. The molecule has 0 aliphatic rings. The molecule has 0 saturated carbocycles. The van der Waals surface area contributed by atoms with E-state index in [2.05, 4.69) is 10.1 Å². The molecule has 0 atom stereocenters. The van der Waals surface area contributed by atoms with E-state index in [1.807, 2.05) is 0 Å². The Morgan fingerprint density at radius 3 is 2.52 bits per heavy atom. The second-order valence-corrected chi connectivity index (χ2v) is 7.76. The van der Waals surface area contributed by atoms with Crippen molar-refractivity contribution in [3.05, 3.63) is 108 Å². The van der Waals surface area contributed by atoms with E-state index in [1.165, 1.54) is 30.5 Å². The molecule has 4 aromatic rings. The molecule has 0 unspecified atom stereocenters. The number of fused-ring (bicyclic) bond motifs is 1. The molecule has 3 aromatic carbocycles. The van der Waals surface area contributed by atoms with Gasteiger partial charge in [0.15, 0.2) is 5.75 Å². The number of carboxylic acid groups (broad SMARTS) is 1. The smallest absolute Gasteiger partial charge is 0.349 e. The lowest BCUT2D eigenvalue weighted by molar-refractivity contribution is 0.0696. The summed E-state index contributed by atoms with van der Waals surface area (Å²) in [5.74, 6) is -0.835. The lowest BCUT2D eigenvalue weighted by Crippen LogP contribution is -2.32. The molecule has 33 heavy (non-hydrogen) atoms. The normalized spacial score (nSPS) is 11.2. The standard InChI is InChI=1S/C23H15Cl2N3O5/c24-17-9-14(11-26-28-21(29)16-6-1-2-7-19(16)27-23(28)32)10-18(25)20(17)33-12-13-4-3-5-15(8-13)22(30)31/h1-11H,12H2,(H,27,32)(H,30,31). The van der Waals surface area contributed by atoms with E-state index >= 15 is 0 Å². The summed E-state index contributed by atoms with van der Waals surface area (Å²) in [6, 6.07) is 15.9. The number of hydrogen-bond acceptors (Lipinski definition) is 5. The van der Waals surface area contributed by atoms with Crippen LogP contribution in [0.2, 0.25) is 10.0 Å². The maximum absolute atomic E-state index is 12.6. The van der Waals surface area contributed by atoms with Gasteiger partial charge in [-0.2, -0.15) is 5.10 Å². The van der Waals surface area contributed by atoms with Gasteiger partial charge in [0.2, 0.25) is 0 Å². The van der Waals surface area contributed by atoms with Crippen molar-refractivity contribution < 1.29 is 14.6 Å². The molecular weight excluding hydrogens is 469 g/mol. The topological polar surface area (TPSA) is 114 Å². The number of aromatic carboxylic acids is 1. The Balaban J connectivity index is 1.58. The summed E-state index contributed by atoms with van der Waals surface area (Å²) >= 11 is 12.6. The molecule has 0 spiro atoms. The number of rotatable bonds is 6. The van der Waals surface area contributed by atoms with E-state index in [4.69, 9.17) is 33.0 Å². The molecule has 0 fully saturated rings. The largest absolute Gasteiger partial charge is 0.486 e. The number of carbonyl (C=O) groups is 1. The highest BCUT2D eigenvalue weighted by Crippen LogP contribution is 2.34. The van der Waals surface area contributed by atoms with Crippen molar-refractivity contribution in [2.75, 3.05) is 0 Å². The Bertz CT molecular complexity index is 1500. The number of carboxylic acids is 1.